The van der Waals surface area contributed by atoms with Crippen LogP contribution in [0.2, 0.25) is 0 Å². The summed E-state index contributed by atoms with van der Waals surface area (Å²) in [5.74, 6) is 0.415. The highest BCUT2D eigenvalue weighted by atomic mass is 35.5. The van der Waals surface area contributed by atoms with Crippen LogP contribution in [0.5, 0.6) is 0 Å². The van der Waals surface area contributed by atoms with Crippen LogP contribution >= 0.6 is 24.8 Å². The average molecular weight is 360 g/mol. The van der Waals surface area contributed by atoms with E-state index in [2.05, 4.69) is 29.4 Å². The van der Waals surface area contributed by atoms with Gasteiger partial charge in [0.25, 0.3) is 0 Å². The summed E-state index contributed by atoms with van der Waals surface area (Å²) in [4.78, 5) is 14.8. The molecule has 23 heavy (non-hydrogen) atoms. The third-order valence-corrected chi connectivity index (χ3v) is 4.89. The summed E-state index contributed by atoms with van der Waals surface area (Å²) in [6, 6.07) is 6.26. The maximum absolute atomic E-state index is 12.5. The van der Waals surface area contributed by atoms with Crippen molar-refractivity contribution in [2.24, 2.45) is 5.92 Å². The van der Waals surface area contributed by atoms with Crippen LogP contribution in [-0.2, 0) is 11.2 Å². The van der Waals surface area contributed by atoms with Gasteiger partial charge in [-0.3, -0.25) is 4.79 Å². The molecule has 4 nitrogen and oxygen atoms in total. The number of likely N-dealkylation sites (tertiary alicyclic amines) is 1. The highest BCUT2D eigenvalue weighted by molar-refractivity contribution is 5.85. The number of carbonyl (C=O) groups excluding carboxylic acids is 1. The number of nitrogens with two attached hydrogens (primary N) is 1. The Kier molecular flexibility index (Phi) is 7.65. The molecule has 1 aromatic carbocycles. The van der Waals surface area contributed by atoms with Crippen molar-refractivity contribution in [3.05, 3.63) is 29.3 Å². The number of nitrogens with one attached hydrogen (secondary N) is 1. The topological polar surface area (TPSA) is 58.4 Å². The Bertz CT molecular complexity index is 531. The van der Waals surface area contributed by atoms with E-state index >= 15 is 0 Å². The molecule has 0 radical (unpaired) electrons. The molecule has 1 heterocycles. The summed E-state index contributed by atoms with van der Waals surface area (Å²) in [5, 5.41) is 3.28. The third kappa shape index (κ3) is 4.75. The number of aryl methyl sites for hydroxylation is 1. The Morgan fingerprint density at radius 1 is 1.22 bits per heavy atom. The van der Waals surface area contributed by atoms with Crippen LogP contribution in [0.15, 0.2) is 18.2 Å². The zero-order chi connectivity index (χ0) is 14.8. The van der Waals surface area contributed by atoms with Crippen LogP contribution in [0, 0.1) is 5.92 Å². The molecule has 1 fully saturated rings. The van der Waals surface area contributed by atoms with Crippen molar-refractivity contribution in [1.82, 2.24) is 10.2 Å². The van der Waals surface area contributed by atoms with Crippen LogP contribution in [0.1, 0.15) is 42.9 Å². The number of nitrogens with zero attached hydrogens (tertiary/aromatic N) is 1. The van der Waals surface area contributed by atoms with Gasteiger partial charge in [-0.2, -0.15) is 0 Å². The lowest BCUT2D eigenvalue weighted by Gasteiger charge is -2.31. The Balaban J connectivity index is 0.00000132. The molecular formula is C17H27Cl2N3O. The largest absolute Gasteiger partial charge is 0.399 e. The molecule has 3 rings (SSSR count). The Morgan fingerprint density at radius 2 is 1.91 bits per heavy atom. The van der Waals surface area contributed by atoms with Crippen molar-refractivity contribution >= 4 is 36.4 Å². The number of amides is 1. The molecule has 1 amide bonds. The minimum absolute atomic E-state index is 0. The zero-order valence-electron chi connectivity index (χ0n) is 13.6. The van der Waals surface area contributed by atoms with Gasteiger partial charge in [0.2, 0.25) is 5.91 Å². The fraction of sp³-hybridized carbons (Fsp3) is 0.588. The minimum Gasteiger partial charge on any atom is -0.399 e. The molecule has 1 atom stereocenters. The molecule has 1 aromatic rings. The van der Waals surface area contributed by atoms with Gasteiger partial charge in [-0.15, -0.1) is 24.8 Å². The first-order valence-corrected chi connectivity index (χ1v) is 8.00. The number of hydrogen-bond donors (Lipinski definition) is 2. The molecule has 0 spiro atoms. The average Bonchev–Trinajstić information content (AvgIpc) is 2.47. The standard InChI is InChI=1S/C17H25N3O.2ClH/c1-20-9-7-12(8-10-20)17(21)19-16-4-2-3-13-11-14(18)5-6-15(13)16;;/h5-6,11-12,16H,2-4,7-10,18H2,1H3,(H,19,21);2*1H. The van der Waals surface area contributed by atoms with E-state index in [0.29, 0.717) is 0 Å². The van der Waals surface area contributed by atoms with E-state index < -0.39 is 0 Å². The predicted molar refractivity (Wildman–Crippen MR) is 99.4 cm³/mol. The van der Waals surface area contributed by atoms with Gasteiger partial charge in [0.05, 0.1) is 6.04 Å². The lowest BCUT2D eigenvalue weighted by molar-refractivity contribution is -0.127. The van der Waals surface area contributed by atoms with Gasteiger partial charge in [-0.1, -0.05) is 6.07 Å². The molecule has 1 unspecified atom stereocenters. The molecule has 1 saturated heterocycles. The first-order chi connectivity index (χ1) is 10.1. The maximum atomic E-state index is 12.5. The lowest BCUT2D eigenvalue weighted by Crippen LogP contribution is -2.40. The molecule has 1 aliphatic carbocycles. The maximum Gasteiger partial charge on any atom is 0.223 e. The minimum atomic E-state index is 0. The van der Waals surface area contributed by atoms with Gasteiger partial charge in [-0.05, 0) is 75.5 Å². The molecule has 0 bridgehead atoms. The van der Waals surface area contributed by atoms with Crippen molar-refractivity contribution in [2.45, 2.75) is 38.1 Å². The molecule has 0 saturated carbocycles. The van der Waals surface area contributed by atoms with E-state index in [1.807, 2.05) is 6.07 Å². The fourth-order valence-corrected chi connectivity index (χ4v) is 3.54. The smallest absolute Gasteiger partial charge is 0.223 e. The molecule has 2 aliphatic rings. The normalized spacial score (nSPS) is 21.5. The molecule has 0 aromatic heterocycles. The number of halogens is 2. The summed E-state index contributed by atoms with van der Waals surface area (Å²) in [7, 11) is 2.12. The fourth-order valence-electron chi connectivity index (χ4n) is 3.54. The first kappa shape index (κ1) is 20.1. The number of nitrogen functional groups attached to an aromatic ring is 1. The van der Waals surface area contributed by atoms with Crippen LogP contribution in [0.4, 0.5) is 5.69 Å². The van der Waals surface area contributed by atoms with Gasteiger partial charge >= 0.3 is 0 Å². The predicted octanol–water partition coefficient (Wildman–Crippen LogP) is 2.95. The number of carbonyl (C=O) groups is 1. The van der Waals surface area contributed by atoms with Crippen molar-refractivity contribution in [3.8, 4) is 0 Å². The van der Waals surface area contributed by atoms with Crippen LogP contribution in [0.3, 0.4) is 0 Å². The Labute approximate surface area is 151 Å². The summed E-state index contributed by atoms with van der Waals surface area (Å²) in [5.41, 5.74) is 9.24. The van der Waals surface area contributed by atoms with E-state index in [-0.39, 0.29) is 42.7 Å². The molecule has 3 N–H and O–H groups in total. The molecule has 130 valence electrons. The van der Waals surface area contributed by atoms with Gasteiger partial charge in [0.1, 0.15) is 0 Å². The highest BCUT2D eigenvalue weighted by Crippen LogP contribution is 2.31. The zero-order valence-corrected chi connectivity index (χ0v) is 15.2. The number of benzene rings is 1. The molecule has 1 aliphatic heterocycles. The summed E-state index contributed by atoms with van der Waals surface area (Å²) >= 11 is 0. The molecular weight excluding hydrogens is 333 g/mol. The van der Waals surface area contributed by atoms with Crippen molar-refractivity contribution in [1.29, 1.82) is 0 Å². The molecule has 6 heteroatoms. The Hall–Kier alpha value is -0.970. The second-order valence-corrected chi connectivity index (χ2v) is 6.49. The number of anilines is 1. The van der Waals surface area contributed by atoms with Crippen molar-refractivity contribution < 1.29 is 4.79 Å². The van der Waals surface area contributed by atoms with E-state index in [1.165, 1.54) is 11.1 Å². The summed E-state index contributed by atoms with van der Waals surface area (Å²) in [6.45, 7) is 2.05. The second kappa shape index (κ2) is 8.76. The lowest BCUT2D eigenvalue weighted by atomic mass is 9.86. The third-order valence-electron chi connectivity index (χ3n) is 4.89. The first-order valence-electron chi connectivity index (χ1n) is 8.00. The number of rotatable bonds is 2. The quantitative estimate of drug-likeness (QED) is 0.798. The number of hydrogen-bond acceptors (Lipinski definition) is 3. The van der Waals surface area contributed by atoms with Crippen LogP contribution in [0.25, 0.3) is 0 Å². The van der Waals surface area contributed by atoms with Crippen molar-refractivity contribution in [3.63, 3.8) is 0 Å². The Morgan fingerprint density at radius 3 is 2.61 bits per heavy atom. The SMILES string of the molecule is CN1CCC(C(=O)NC2CCCc3cc(N)ccc32)CC1.Cl.Cl. The monoisotopic (exact) mass is 359 g/mol. The van der Waals surface area contributed by atoms with E-state index in [0.717, 1.165) is 50.9 Å². The van der Waals surface area contributed by atoms with Crippen molar-refractivity contribution in [2.75, 3.05) is 25.9 Å². The van der Waals surface area contributed by atoms with Gasteiger partial charge in [0.15, 0.2) is 0 Å². The van der Waals surface area contributed by atoms with Gasteiger partial charge < -0.3 is 16.0 Å². The van der Waals surface area contributed by atoms with Gasteiger partial charge in [0, 0.05) is 11.6 Å². The van der Waals surface area contributed by atoms with E-state index in [9.17, 15) is 4.79 Å². The van der Waals surface area contributed by atoms with Crippen LogP contribution in [-0.4, -0.2) is 30.9 Å². The van der Waals surface area contributed by atoms with E-state index in [1.54, 1.807) is 0 Å². The number of fused-ring (bicyclic) bond motifs is 1. The van der Waals surface area contributed by atoms with Crippen LogP contribution < -0.4 is 11.1 Å². The van der Waals surface area contributed by atoms with E-state index in [4.69, 9.17) is 5.73 Å². The number of piperidine rings is 1. The van der Waals surface area contributed by atoms with Gasteiger partial charge in [-0.25, -0.2) is 0 Å². The highest BCUT2D eigenvalue weighted by Gasteiger charge is 2.27. The summed E-state index contributed by atoms with van der Waals surface area (Å²) in [6.07, 6.45) is 5.18. The summed E-state index contributed by atoms with van der Waals surface area (Å²) < 4.78 is 0. The second-order valence-electron chi connectivity index (χ2n) is 6.49.